The monoisotopic (exact) mass is 483 g/mol. The van der Waals surface area contributed by atoms with Crippen LogP contribution >= 0.6 is 11.3 Å². The van der Waals surface area contributed by atoms with Crippen LogP contribution in [-0.4, -0.2) is 42.7 Å². The van der Waals surface area contributed by atoms with Crippen molar-refractivity contribution in [3.8, 4) is 10.6 Å². The summed E-state index contributed by atoms with van der Waals surface area (Å²) in [4.78, 5) is 17.8. The number of nitrogens with zero attached hydrogens (tertiary/aromatic N) is 2. The van der Waals surface area contributed by atoms with Crippen LogP contribution < -0.4 is 5.32 Å². The van der Waals surface area contributed by atoms with Crippen LogP contribution in [0.1, 0.15) is 37.4 Å². The van der Waals surface area contributed by atoms with Crippen LogP contribution in [0.2, 0.25) is 0 Å². The first kappa shape index (κ1) is 23.6. The molecule has 2 aromatic carbocycles. The SMILES string of the molecule is CCCc1ccc(S(=O)(=O)N2CCC[C@@H]2C(=O)NCCc2csc(-c3ccccc3)n2)cc1. The smallest absolute Gasteiger partial charge is 0.243 e. The summed E-state index contributed by atoms with van der Waals surface area (Å²) in [5.41, 5.74) is 3.11. The predicted octanol–water partition coefficient (Wildman–Crippen LogP) is 4.27. The van der Waals surface area contributed by atoms with Crippen LogP contribution in [0, 0.1) is 0 Å². The molecule has 8 heteroatoms. The molecule has 1 aromatic heterocycles. The first-order valence-corrected chi connectivity index (χ1v) is 13.7. The molecular formula is C25H29N3O3S2. The number of rotatable bonds is 9. The highest BCUT2D eigenvalue weighted by Gasteiger charge is 2.39. The molecule has 3 aromatic rings. The summed E-state index contributed by atoms with van der Waals surface area (Å²) >= 11 is 1.58. The minimum absolute atomic E-state index is 0.239. The number of nitrogens with one attached hydrogen (secondary N) is 1. The number of aryl methyl sites for hydroxylation is 1. The zero-order chi connectivity index (χ0) is 23.3. The summed E-state index contributed by atoms with van der Waals surface area (Å²) in [5, 5.41) is 5.88. The Morgan fingerprint density at radius 1 is 1.12 bits per heavy atom. The second kappa shape index (κ2) is 10.6. The van der Waals surface area contributed by atoms with Gasteiger partial charge in [0.1, 0.15) is 11.0 Å². The third-order valence-corrected chi connectivity index (χ3v) is 8.69. The maximum Gasteiger partial charge on any atom is 0.243 e. The highest BCUT2D eigenvalue weighted by atomic mass is 32.2. The lowest BCUT2D eigenvalue weighted by Crippen LogP contribution is -2.46. The molecule has 2 heterocycles. The van der Waals surface area contributed by atoms with Crippen molar-refractivity contribution in [3.05, 3.63) is 71.2 Å². The Hall–Kier alpha value is -2.55. The molecule has 1 N–H and O–H groups in total. The topological polar surface area (TPSA) is 79.4 Å². The number of carbonyl (C=O) groups excluding carboxylic acids is 1. The normalized spacial score (nSPS) is 16.7. The van der Waals surface area contributed by atoms with Crippen molar-refractivity contribution >= 4 is 27.3 Å². The van der Waals surface area contributed by atoms with Gasteiger partial charge in [0.15, 0.2) is 0 Å². The maximum absolute atomic E-state index is 13.2. The van der Waals surface area contributed by atoms with Gasteiger partial charge in [-0.1, -0.05) is 55.8 Å². The van der Waals surface area contributed by atoms with E-state index in [-0.39, 0.29) is 10.8 Å². The van der Waals surface area contributed by atoms with E-state index in [4.69, 9.17) is 0 Å². The average molecular weight is 484 g/mol. The standard InChI is InChI=1S/C25H29N3O3S2/c1-2-7-19-11-13-22(14-12-19)33(30,31)28-17-6-10-23(28)24(29)26-16-15-21-18-32-25(27-21)20-8-4-3-5-9-20/h3-5,8-9,11-14,18,23H,2,6-7,10,15-17H2,1H3,(H,26,29)/t23-/m1/s1. The number of aromatic nitrogens is 1. The summed E-state index contributed by atoms with van der Waals surface area (Å²) in [5.74, 6) is -0.239. The molecule has 1 aliphatic rings. The quantitative estimate of drug-likeness (QED) is 0.493. The van der Waals surface area contributed by atoms with E-state index in [1.165, 1.54) is 4.31 Å². The molecule has 1 saturated heterocycles. The Bertz CT molecular complexity index is 1180. The van der Waals surface area contributed by atoms with Crippen LogP contribution in [0.3, 0.4) is 0 Å². The fraction of sp³-hybridized carbons (Fsp3) is 0.360. The van der Waals surface area contributed by atoms with E-state index in [2.05, 4.69) is 17.2 Å². The molecular weight excluding hydrogens is 454 g/mol. The van der Waals surface area contributed by atoms with Crippen molar-refractivity contribution in [2.75, 3.05) is 13.1 Å². The van der Waals surface area contributed by atoms with Crippen molar-refractivity contribution in [2.24, 2.45) is 0 Å². The number of amides is 1. The minimum Gasteiger partial charge on any atom is -0.354 e. The summed E-state index contributed by atoms with van der Waals surface area (Å²) < 4.78 is 27.7. The number of thiazole rings is 1. The maximum atomic E-state index is 13.2. The molecule has 33 heavy (non-hydrogen) atoms. The zero-order valence-electron chi connectivity index (χ0n) is 18.7. The van der Waals surface area contributed by atoms with Crippen molar-refractivity contribution in [3.63, 3.8) is 0 Å². The van der Waals surface area contributed by atoms with Gasteiger partial charge in [-0.15, -0.1) is 11.3 Å². The van der Waals surface area contributed by atoms with E-state index in [1.54, 1.807) is 23.5 Å². The lowest BCUT2D eigenvalue weighted by molar-refractivity contribution is -0.124. The molecule has 0 radical (unpaired) electrons. The molecule has 0 aliphatic carbocycles. The number of carbonyl (C=O) groups is 1. The molecule has 6 nitrogen and oxygen atoms in total. The lowest BCUT2D eigenvalue weighted by atomic mass is 10.1. The minimum atomic E-state index is -3.71. The average Bonchev–Trinajstić information content (AvgIpc) is 3.51. The van der Waals surface area contributed by atoms with Crippen molar-refractivity contribution in [2.45, 2.75) is 50.0 Å². The summed E-state index contributed by atoms with van der Waals surface area (Å²) in [6.07, 6.45) is 3.74. The fourth-order valence-electron chi connectivity index (χ4n) is 4.11. The van der Waals surface area contributed by atoms with Gasteiger partial charge in [-0.3, -0.25) is 4.79 Å². The van der Waals surface area contributed by atoms with Gasteiger partial charge in [0.25, 0.3) is 0 Å². The first-order valence-electron chi connectivity index (χ1n) is 11.4. The number of benzene rings is 2. The van der Waals surface area contributed by atoms with E-state index in [0.717, 1.165) is 34.7 Å². The van der Waals surface area contributed by atoms with Crippen molar-refractivity contribution < 1.29 is 13.2 Å². The van der Waals surface area contributed by atoms with E-state index in [0.29, 0.717) is 32.4 Å². The first-order chi connectivity index (χ1) is 16.0. The Morgan fingerprint density at radius 3 is 2.61 bits per heavy atom. The van der Waals surface area contributed by atoms with Gasteiger partial charge < -0.3 is 5.32 Å². The molecule has 0 saturated carbocycles. The van der Waals surface area contributed by atoms with E-state index in [9.17, 15) is 13.2 Å². The number of sulfonamides is 1. The van der Waals surface area contributed by atoms with Gasteiger partial charge in [0, 0.05) is 30.5 Å². The van der Waals surface area contributed by atoms with Crippen LogP contribution in [0.15, 0.2) is 64.9 Å². The molecule has 174 valence electrons. The summed E-state index contributed by atoms with van der Waals surface area (Å²) in [6.45, 7) is 2.88. The van der Waals surface area contributed by atoms with Crippen LogP contribution in [0.5, 0.6) is 0 Å². The van der Waals surface area contributed by atoms with Crippen molar-refractivity contribution in [1.29, 1.82) is 0 Å². The molecule has 1 atom stereocenters. The number of hydrogen-bond acceptors (Lipinski definition) is 5. The zero-order valence-corrected chi connectivity index (χ0v) is 20.4. The second-order valence-electron chi connectivity index (χ2n) is 8.22. The number of hydrogen-bond donors (Lipinski definition) is 1. The molecule has 1 amide bonds. The Balaban J connectivity index is 1.35. The van der Waals surface area contributed by atoms with Gasteiger partial charge in [-0.2, -0.15) is 4.31 Å². The van der Waals surface area contributed by atoms with Gasteiger partial charge >= 0.3 is 0 Å². The van der Waals surface area contributed by atoms with Gasteiger partial charge in [0.05, 0.1) is 10.6 Å². The summed E-state index contributed by atoms with van der Waals surface area (Å²) in [6, 6.07) is 16.4. The van der Waals surface area contributed by atoms with E-state index >= 15 is 0 Å². The largest absolute Gasteiger partial charge is 0.354 e. The van der Waals surface area contributed by atoms with Gasteiger partial charge in [0.2, 0.25) is 15.9 Å². The molecule has 0 bridgehead atoms. The third kappa shape index (κ3) is 5.51. The third-order valence-electron chi connectivity index (χ3n) is 5.83. The van der Waals surface area contributed by atoms with Crippen LogP contribution in [0.4, 0.5) is 0 Å². The predicted molar refractivity (Wildman–Crippen MR) is 132 cm³/mol. The van der Waals surface area contributed by atoms with Crippen LogP contribution in [-0.2, 0) is 27.7 Å². The molecule has 1 fully saturated rings. The molecule has 1 aliphatic heterocycles. The van der Waals surface area contributed by atoms with E-state index < -0.39 is 16.1 Å². The fourth-order valence-corrected chi connectivity index (χ4v) is 6.63. The van der Waals surface area contributed by atoms with Gasteiger partial charge in [-0.25, -0.2) is 13.4 Å². The van der Waals surface area contributed by atoms with E-state index in [1.807, 2.05) is 47.8 Å². The highest BCUT2D eigenvalue weighted by molar-refractivity contribution is 7.89. The summed E-state index contributed by atoms with van der Waals surface area (Å²) in [7, 11) is -3.71. The Kier molecular flexibility index (Phi) is 7.57. The lowest BCUT2D eigenvalue weighted by Gasteiger charge is -2.23. The Labute approximate surface area is 199 Å². The molecule has 0 unspecified atom stereocenters. The molecule has 4 rings (SSSR count). The van der Waals surface area contributed by atoms with Crippen molar-refractivity contribution in [1.82, 2.24) is 14.6 Å². The highest BCUT2D eigenvalue weighted by Crippen LogP contribution is 2.27. The molecule has 0 spiro atoms. The van der Waals surface area contributed by atoms with Crippen LogP contribution in [0.25, 0.3) is 10.6 Å². The second-order valence-corrected chi connectivity index (χ2v) is 11.0. The van der Waals surface area contributed by atoms with Gasteiger partial charge in [-0.05, 0) is 37.0 Å². The Morgan fingerprint density at radius 2 is 1.88 bits per heavy atom.